The highest BCUT2D eigenvalue weighted by molar-refractivity contribution is 5.94. The van der Waals surface area contributed by atoms with E-state index in [1.807, 2.05) is 60.7 Å². The maximum absolute atomic E-state index is 5.04. The summed E-state index contributed by atoms with van der Waals surface area (Å²) < 4.78 is 0. The van der Waals surface area contributed by atoms with Gasteiger partial charge >= 0.3 is 0 Å². The van der Waals surface area contributed by atoms with E-state index in [1.165, 1.54) is 55.6 Å². The molecule has 4 heteroatoms. The SMILES string of the molecule is c1ccc(-c2nc(-c3ccccc3)nc(-c3ccc(N4c5ccccc5C5(c6ccccc64)c4ccccc4C4(c6ccccc6-c6ccccc64)c4ccccc45)cc3)n2)cc1. The van der Waals surface area contributed by atoms with Gasteiger partial charge in [-0.3, -0.25) is 0 Å². The maximum Gasteiger partial charge on any atom is 0.164 e. The monoisotopic (exact) mass is 802 g/mol. The summed E-state index contributed by atoms with van der Waals surface area (Å²) in [5, 5.41) is 0. The lowest BCUT2D eigenvalue weighted by atomic mass is 9.50. The van der Waals surface area contributed by atoms with Crippen LogP contribution in [0.25, 0.3) is 45.3 Å². The molecule has 0 fully saturated rings. The van der Waals surface area contributed by atoms with Crippen LogP contribution in [0.1, 0.15) is 44.5 Å². The van der Waals surface area contributed by atoms with Crippen molar-refractivity contribution < 1.29 is 0 Å². The van der Waals surface area contributed by atoms with E-state index >= 15 is 0 Å². The van der Waals surface area contributed by atoms with Crippen LogP contribution in [0.3, 0.4) is 0 Å². The summed E-state index contributed by atoms with van der Waals surface area (Å²) in [4.78, 5) is 17.4. The van der Waals surface area contributed by atoms with Gasteiger partial charge in [0.25, 0.3) is 0 Å². The van der Waals surface area contributed by atoms with Crippen LogP contribution in [0, 0.1) is 0 Å². The smallest absolute Gasteiger partial charge is 0.164 e. The Morgan fingerprint density at radius 3 is 0.968 bits per heavy atom. The first-order valence-electron chi connectivity index (χ1n) is 21.6. The molecule has 0 saturated carbocycles. The Balaban J connectivity index is 1.01. The molecule has 3 aliphatic rings. The Labute approximate surface area is 366 Å². The van der Waals surface area contributed by atoms with Crippen LogP contribution in [0.5, 0.6) is 0 Å². The highest BCUT2D eigenvalue weighted by atomic mass is 15.2. The molecule has 0 saturated heterocycles. The Kier molecular flexibility index (Phi) is 7.70. The topological polar surface area (TPSA) is 41.9 Å². The van der Waals surface area contributed by atoms with E-state index in [2.05, 4.69) is 175 Å². The fourth-order valence-corrected chi connectivity index (χ4v) is 11.2. The average molecular weight is 803 g/mol. The van der Waals surface area contributed by atoms with E-state index in [4.69, 9.17) is 15.0 Å². The van der Waals surface area contributed by atoms with Crippen LogP contribution >= 0.6 is 0 Å². The first kappa shape index (κ1) is 35.5. The van der Waals surface area contributed by atoms with Crippen LogP contribution in [0.4, 0.5) is 17.1 Å². The van der Waals surface area contributed by atoms with Crippen molar-refractivity contribution in [2.45, 2.75) is 10.8 Å². The summed E-state index contributed by atoms with van der Waals surface area (Å²) in [7, 11) is 0. The molecule has 0 N–H and O–H groups in total. The van der Waals surface area contributed by atoms with Gasteiger partial charge in [0.15, 0.2) is 17.5 Å². The number of anilines is 3. The molecule has 0 unspecified atom stereocenters. The largest absolute Gasteiger partial charge is 0.310 e. The number of rotatable bonds is 4. The van der Waals surface area contributed by atoms with E-state index in [-0.39, 0.29) is 0 Å². The van der Waals surface area contributed by atoms with E-state index in [9.17, 15) is 0 Å². The molecule has 1 aromatic heterocycles. The van der Waals surface area contributed by atoms with Crippen molar-refractivity contribution in [3.05, 3.63) is 275 Å². The van der Waals surface area contributed by atoms with Crippen molar-refractivity contribution in [1.29, 1.82) is 0 Å². The minimum atomic E-state index is -0.610. The fraction of sp³-hybridized carbons (Fsp3) is 0.0339. The van der Waals surface area contributed by atoms with Crippen molar-refractivity contribution in [2.24, 2.45) is 0 Å². The van der Waals surface area contributed by atoms with Crippen LogP contribution in [0.15, 0.2) is 231 Å². The number of fused-ring (bicyclic) bond motifs is 15. The van der Waals surface area contributed by atoms with Gasteiger partial charge in [0.1, 0.15) is 0 Å². The summed E-state index contributed by atoms with van der Waals surface area (Å²) in [6, 6.07) is 83.7. The lowest BCUT2D eigenvalue weighted by Crippen LogP contribution is -2.46. The second-order valence-electron chi connectivity index (χ2n) is 16.6. The predicted molar refractivity (Wildman–Crippen MR) is 254 cm³/mol. The van der Waals surface area contributed by atoms with Gasteiger partial charge in [-0.25, -0.2) is 15.0 Å². The normalized spacial score (nSPS) is 14.3. The third-order valence-electron chi connectivity index (χ3n) is 13.6. The molecule has 2 aliphatic carbocycles. The van der Waals surface area contributed by atoms with Gasteiger partial charge < -0.3 is 4.90 Å². The number of hydrogen-bond donors (Lipinski definition) is 0. The molecule has 2 heterocycles. The Morgan fingerprint density at radius 1 is 0.254 bits per heavy atom. The zero-order valence-corrected chi connectivity index (χ0v) is 34.2. The summed E-state index contributed by atoms with van der Waals surface area (Å²) in [6.07, 6.45) is 0. The standard InChI is InChI=1S/C59H38N4/c1-3-19-39(20-4-1)55-60-56(40-21-5-2-6-22-40)62-57(61-55)41-35-37-42(38-36-41)63-53-33-17-15-31-51(53)59(52-32-16-18-34-54(52)63)49-29-13-11-27-47(49)58(48-28-12-14-30-50(48)59)45-25-9-7-23-43(45)44-24-8-10-26-46(44)58/h1-38H. The predicted octanol–water partition coefficient (Wildman–Crippen LogP) is 13.7. The molecule has 10 aromatic rings. The molecule has 294 valence electrons. The van der Waals surface area contributed by atoms with Crippen molar-refractivity contribution in [1.82, 2.24) is 15.0 Å². The summed E-state index contributed by atoms with van der Waals surface area (Å²) in [5.41, 5.74) is 18.1. The van der Waals surface area contributed by atoms with Gasteiger partial charge in [-0.2, -0.15) is 0 Å². The van der Waals surface area contributed by atoms with Crippen LogP contribution in [-0.4, -0.2) is 15.0 Å². The van der Waals surface area contributed by atoms with Gasteiger partial charge in [0, 0.05) is 22.4 Å². The number of hydrogen-bond acceptors (Lipinski definition) is 4. The number of benzene rings is 9. The molecule has 0 radical (unpaired) electrons. The average Bonchev–Trinajstić information content (AvgIpc) is 3.66. The molecular formula is C59H38N4. The quantitative estimate of drug-likeness (QED) is 0.178. The van der Waals surface area contributed by atoms with Gasteiger partial charge in [-0.1, -0.05) is 194 Å². The molecule has 2 spiro atoms. The molecule has 0 bridgehead atoms. The van der Waals surface area contributed by atoms with E-state index in [0.29, 0.717) is 17.5 Å². The van der Waals surface area contributed by atoms with Gasteiger partial charge in [0.05, 0.1) is 22.2 Å². The highest BCUT2D eigenvalue weighted by Crippen LogP contribution is 2.67. The van der Waals surface area contributed by atoms with Gasteiger partial charge in [-0.05, 0) is 92.0 Å². The second kappa shape index (κ2) is 13.7. The number of para-hydroxylation sites is 2. The van der Waals surface area contributed by atoms with Crippen molar-refractivity contribution in [3.8, 4) is 45.3 Å². The number of aromatic nitrogens is 3. The third-order valence-corrected chi connectivity index (χ3v) is 13.6. The first-order valence-corrected chi connectivity index (χ1v) is 21.6. The first-order chi connectivity index (χ1) is 31.3. The Hall–Kier alpha value is -8.21. The Morgan fingerprint density at radius 2 is 0.556 bits per heavy atom. The van der Waals surface area contributed by atoms with Crippen molar-refractivity contribution in [3.63, 3.8) is 0 Å². The third kappa shape index (κ3) is 4.89. The maximum atomic E-state index is 5.04. The lowest BCUT2D eigenvalue weighted by Gasteiger charge is -2.53. The molecule has 63 heavy (non-hydrogen) atoms. The van der Waals surface area contributed by atoms with Crippen LogP contribution in [0.2, 0.25) is 0 Å². The van der Waals surface area contributed by atoms with Crippen LogP contribution < -0.4 is 4.90 Å². The van der Waals surface area contributed by atoms with E-state index < -0.39 is 10.8 Å². The molecular weight excluding hydrogens is 765 g/mol. The Bertz CT molecular complexity index is 3210. The molecule has 0 amide bonds. The number of nitrogens with zero attached hydrogens (tertiary/aromatic N) is 4. The highest BCUT2D eigenvalue weighted by Gasteiger charge is 2.58. The molecule has 0 atom stereocenters. The summed E-state index contributed by atoms with van der Waals surface area (Å²) >= 11 is 0. The molecule has 13 rings (SSSR count). The van der Waals surface area contributed by atoms with Crippen molar-refractivity contribution in [2.75, 3.05) is 4.90 Å². The minimum absolute atomic E-state index is 0.488. The lowest BCUT2D eigenvalue weighted by molar-refractivity contribution is 0.619. The second-order valence-corrected chi connectivity index (χ2v) is 16.6. The zero-order valence-electron chi connectivity index (χ0n) is 34.2. The zero-order chi connectivity index (χ0) is 41.5. The summed E-state index contributed by atoms with van der Waals surface area (Å²) in [5.74, 6) is 1.92. The summed E-state index contributed by atoms with van der Waals surface area (Å²) in [6.45, 7) is 0. The van der Waals surface area contributed by atoms with Gasteiger partial charge in [0.2, 0.25) is 0 Å². The van der Waals surface area contributed by atoms with E-state index in [1.54, 1.807) is 0 Å². The fourth-order valence-electron chi connectivity index (χ4n) is 11.2. The van der Waals surface area contributed by atoms with Crippen LogP contribution in [-0.2, 0) is 10.8 Å². The minimum Gasteiger partial charge on any atom is -0.310 e. The molecule has 4 nitrogen and oxygen atoms in total. The van der Waals surface area contributed by atoms with Crippen molar-refractivity contribution >= 4 is 17.1 Å². The molecule has 1 aliphatic heterocycles. The molecule has 9 aromatic carbocycles. The van der Waals surface area contributed by atoms with Gasteiger partial charge in [-0.15, -0.1) is 0 Å². The van der Waals surface area contributed by atoms with E-state index in [0.717, 1.165) is 33.8 Å².